The number of hydrogen-bond acceptors (Lipinski definition) is 3. The van der Waals surface area contributed by atoms with Gasteiger partial charge >= 0.3 is 0 Å². The summed E-state index contributed by atoms with van der Waals surface area (Å²) in [6.07, 6.45) is 3.91. The molecular formula is C27H32N2O2. The first-order valence-corrected chi connectivity index (χ1v) is 11.3. The molecule has 3 N–H and O–H groups in total. The Kier molecular flexibility index (Phi) is 5.76. The number of aryl methyl sites for hydroxylation is 1. The normalized spacial score (nSPS) is 17.3. The van der Waals surface area contributed by atoms with Gasteiger partial charge in [0.25, 0.3) is 5.91 Å². The van der Waals surface area contributed by atoms with Gasteiger partial charge in [-0.25, -0.2) is 0 Å². The van der Waals surface area contributed by atoms with Crippen LogP contribution in [0.5, 0.6) is 5.75 Å². The Morgan fingerprint density at radius 2 is 1.71 bits per heavy atom. The fraction of sp³-hybridized carbons (Fsp3) is 0.370. The summed E-state index contributed by atoms with van der Waals surface area (Å²) in [4.78, 5) is 13.2. The highest BCUT2D eigenvalue weighted by atomic mass is 16.5. The average Bonchev–Trinajstić information content (AvgIpc) is 3.73. The molecule has 0 bridgehead atoms. The van der Waals surface area contributed by atoms with Crippen LogP contribution in [0.2, 0.25) is 0 Å². The molecule has 2 aliphatic carbocycles. The van der Waals surface area contributed by atoms with Crippen LogP contribution in [0, 0.1) is 6.92 Å². The van der Waals surface area contributed by atoms with Gasteiger partial charge in [0.05, 0.1) is 11.1 Å². The first-order valence-electron chi connectivity index (χ1n) is 11.3. The molecule has 0 saturated heterocycles. The van der Waals surface area contributed by atoms with Crippen LogP contribution < -0.4 is 15.8 Å². The van der Waals surface area contributed by atoms with Crippen LogP contribution in [0.25, 0.3) is 10.8 Å². The molecule has 0 heterocycles. The van der Waals surface area contributed by atoms with Gasteiger partial charge in [-0.15, -0.1) is 0 Å². The highest BCUT2D eigenvalue weighted by molar-refractivity contribution is 5.97. The highest BCUT2D eigenvalue weighted by Crippen LogP contribution is 2.48. The summed E-state index contributed by atoms with van der Waals surface area (Å²) >= 11 is 0. The van der Waals surface area contributed by atoms with Crippen LogP contribution in [0.3, 0.4) is 0 Å². The van der Waals surface area contributed by atoms with Gasteiger partial charge in [0.15, 0.2) is 0 Å². The molecule has 0 unspecified atom stereocenters. The molecule has 0 atom stereocenters. The molecule has 4 nitrogen and oxygen atoms in total. The lowest BCUT2D eigenvalue weighted by Crippen LogP contribution is -2.35. The van der Waals surface area contributed by atoms with Gasteiger partial charge in [-0.05, 0) is 66.6 Å². The Hall–Kier alpha value is -2.85. The third kappa shape index (κ3) is 4.45. The number of carbonyl (C=O) groups excluding carboxylic acids is 1. The van der Waals surface area contributed by atoms with E-state index in [1.165, 1.54) is 16.3 Å². The van der Waals surface area contributed by atoms with E-state index in [2.05, 4.69) is 41.7 Å². The number of fused-ring (bicyclic) bond motifs is 1. The van der Waals surface area contributed by atoms with Gasteiger partial charge < -0.3 is 15.8 Å². The van der Waals surface area contributed by atoms with E-state index in [1.54, 1.807) is 0 Å². The molecule has 5 rings (SSSR count). The minimum absolute atomic E-state index is 0.0488. The predicted octanol–water partition coefficient (Wildman–Crippen LogP) is 5.46. The summed E-state index contributed by atoms with van der Waals surface area (Å²) in [5, 5.41) is 5.74. The first kappa shape index (κ1) is 21.4. The van der Waals surface area contributed by atoms with E-state index in [0.717, 1.165) is 31.2 Å². The molecule has 31 heavy (non-hydrogen) atoms. The van der Waals surface area contributed by atoms with E-state index < -0.39 is 0 Å². The molecule has 1 amide bonds. The minimum atomic E-state index is -0.281. The first-order chi connectivity index (χ1) is 15.0. The molecule has 3 aromatic rings. The van der Waals surface area contributed by atoms with E-state index in [-0.39, 0.29) is 17.0 Å². The molecular weight excluding hydrogens is 384 g/mol. The van der Waals surface area contributed by atoms with Gasteiger partial charge in [-0.2, -0.15) is 0 Å². The highest BCUT2D eigenvalue weighted by Gasteiger charge is 2.46. The van der Waals surface area contributed by atoms with Crippen molar-refractivity contribution in [2.45, 2.75) is 57.5 Å². The second-order valence-corrected chi connectivity index (χ2v) is 8.69. The molecule has 0 aromatic heterocycles. The number of rotatable bonds is 6. The van der Waals surface area contributed by atoms with Crippen LogP contribution in [0.4, 0.5) is 0 Å². The molecule has 3 aromatic carbocycles. The van der Waals surface area contributed by atoms with Crippen molar-refractivity contribution in [1.29, 1.82) is 0 Å². The third-order valence-electron chi connectivity index (χ3n) is 6.28. The predicted molar refractivity (Wildman–Crippen MR) is 127 cm³/mol. The Bertz CT molecular complexity index is 1090. The van der Waals surface area contributed by atoms with Crippen LogP contribution in [-0.4, -0.2) is 18.1 Å². The zero-order valence-electron chi connectivity index (χ0n) is 18.7. The maximum absolute atomic E-state index is 13.2. The zero-order chi connectivity index (χ0) is 22.1. The van der Waals surface area contributed by atoms with Gasteiger partial charge in [-0.1, -0.05) is 62.4 Å². The molecule has 0 aliphatic heterocycles. The quantitative estimate of drug-likeness (QED) is 0.560. The van der Waals surface area contributed by atoms with Crippen LogP contribution >= 0.6 is 0 Å². The molecule has 2 fully saturated rings. The smallest absolute Gasteiger partial charge is 0.252 e. The van der Waals surface area contributed by atoms with Crippen LogP contribution in [-0.2, 0) is 5.54 Å². The van der Waals surface area contributed by atoms with Crippen LogP contribution in [0.1, 0.15) is 61.0 Å². The molecule has 0 spiro atoms. The molecule has 4 heteroatoms. The maximum Gasteiger partial charge on any atom is 0.252 e. The SMILES string of the molecule is CC.Cc1ccc(OCC2(N)CC2)cc1C(=O)NC1(c2cccc3ccccc23)CC1. The number of hydrogen-bond donors (Lipinski definition) is 2. The summed E-state index contributed by atoms with van der Waals surface area (Å²) in [5.41, 5.74) is 8.46. The third-order valence-corrected chi connectivity index (χ3v) is 6.28. The number of benzene rings is 3. The number of ether oxygens (including phenoxy) is 1. The lowest BCUT2D eigenvalue weighted by molar-refractivity contribution is 0.0930. The Morgan fingerprint density at radius 3 is 2.42 bits per heavy atom. The topological polar surface area (TPSA) is 64.3 Å². The molecule has 162 valence electrons. The van der Waals surface area contributed by atoms with Crippen molar-refractivity contribution in [3.05, 3.63) is 77.4 Å². The van der Waals surface area contributed by atoms with Crippen molar-refractivity contribution < 1.29 is 9.53 Å². The van der Waals surface area contributed by atoms with Gasteiger partial charge in [0, 0.05) is 5.56 Å². The van der Waals surface area contributed by atoms with Gasteiger partial charge in [0.1, 0.15) is 12.4 Å². The summed E-state index contributed by atoms with van der Waals surface area (Å²) < 4.78 is 5.86. The lowest BCUT2D eigenvalue weighted by atomic mass is 9.96. The van der Waals surface area contributed by atoms with Gasteiger partial charge in [0.2, 0.25) is 0 Å². The maximum atomic E-state index is 13.2. The van der Waals surface area contributed by atoms with Crippen molar-refractivity contribution >= 4 is 16.7 Å². The standard InChI is InChI=1S/C25H26N2O2.C2H6/c1-17-9-10-19(29-16-24(26)11-12-24)15-21(17)23(28)27-25(13-14-25)22-8-4-6-18-5-2-3-7-20(18)22;1-2/h2-10,15H,11-14,16,26H2,1H3,(H,27,28);1-2H3. The summed E-state index contributed by atoms with van der Waals surface area (Å²) in [6, 6.07) is 20.4. The largest absolute Gasteiger partial charge is 0.492 e. The van der Waals surface area contributed by atoms with Crippen molar-refractivity contribution in [3.8, 4) is 5.75 Å². The Morgan fingerprint density at radius 1 is 1.00 bits per heavy atom. The number of carbonyl (C=O) groups is 1. The molecule has 2 aliphatic rings. The van der Waals surface area contributed by atoms with Crippen LogP contribution in [0.15, 0.2) is 60.7 Å². The molecule has 2 saturated carbocycles. The fourth-order valence-corrected chi connectivity index (χ4v) is 3.98. The Balaban J connectivity index is 0.00000112. The number of nitrogens with two attached hydrogens (primary N) is 1. The van der Waals surface area contributed by atoms with E-state index in [9.17, 15) is 4.79 Å². The number of amides is 1. The van der Waals surface area contributed by atoms with E-state index >= 15 is 0 Å². The van der Waals surface area contributed by atoms with Crippen molar-refractivity contribution in [2.24, 2.45) is 5.73 Å². The van der Waals surface area contributed by atoms with E-state index in [0.29, 0.717) is 17.9 Å². The lowest BCUT2D eigenvalue weighted by Gasteiger charge is -2.21. The molecule has 0 radical (unpaired) electrons. The monoisotopic (exact) mass is 416 g/mol. The fourth-order valence-electron chi connectivity index (χ4n) is 3.98. The van der Waals surface area contributed by atoms with Crippen molar-refractivity contribution in [3.63, 3.8) is 0 Å². The Labute approximate surface area is 184 Å². The van der Waals surface area contributed by atoms with E-state index in [1.807, 2.05) is 45.0 Å². The second kappa shape index (κ2) is 8.35. The van der Waals surface area contributed by atoms with Crippen molar-refractivity contribution in [2.75, 3.05) is 6.61 Å². The van der Waals surface area contributed by atoms with E-state index in [4.69, 9.17) is 10.5 Å². The summed E-state index contributed by atoms with van der Waals surface area (Å²) in [6.45, 7) is 6.46. The second-order valence-electron chi connectivity index (χ2n) is 8.69. The van der Waals surface area contributed by atoms with Crippen molar-refractivity contribution in [1.82, 2.24) is 5.32 Å². The zero-order valence-corrected chi connectivity index (χ0v) is 18.7. The summed E-state index contributed by atoms with van der Waals surface area (Å²) in [7, 11) is 0. The van der Waals surface area contributed by atoms with Gasteiger partial charge in [-0.3, -0.25) is 4.79 Å². The minimum Gasteiger partial charge on any atom is -0.492 e. The summed E-state index contributed by atoms with van der Waals surface area (Å²) in [5.74, 6) is 0.653. The average molecular weight is 417 g/mol. The number of nitrogens with one attached hydrogen (secondary N) is 1.